The third kappa shape index (κ3) is 3.17. The van der Waals surface area contributed by atoms with E-state index in [0.717, 1.165) is 38.8 Å². The number of hydrogen-bond donors (Lipinski definition) is 1. The highest BCUT2D eigenvalue weighted by atomic mass is 16.5. The van der Waals surface area contributed by atoms with Gasteiger partial charge in [-0.15, -0.1) is 0 Å². The summed E-state index contributed by atoms with van der Waals surface area (Å²) >= 11 is 0. The molecule has 2 bridgehead atoms. The van der Waals surface area contributed by atoms with Gasteiger partial charge in [0, 0.05) is 31.3 Å². The van der Waals surface area contributed by atoms with E-state index in [1.54, 1.807) is 0 Å². The highest BCUT2D eigenvalue weighted by Gasteiger charge is 2.37. The molecule has 0 radical (unpaired) electrons. The van der Waals surface area contributed by atoms with Crippen molar-refractivity contribution in [3.05, 3.63) is 0 Å². The molecule has 3 aliphatic heterocycles. The molecule has 3 unspecified atom stereocenters. The first kappa shape index (κ1) is 14.3. The average molecular weight is 280 g/mol. The molecule has 0 aromatic rings. The van der Waals surface area contributed by atoms with E-state index in [9.17, 15) is 4.79 Å². The quantitative estimate of drug-likeness (QED) is 0.857. The van der Waals surface area contributed by atoms with E-state index < -0.39 is 0 Å². The summed E-state index contributed by atoms with van der Waals surface area (Å²) in [6, 6.07) is 1.74. The van der Waals surface area contributed by atoms with Gasteiger partial charge in [-0.05, 0) is 51.9 Å². The SMILES string of the molecule is CCN(C(=O)CC1CCCCO1)C1CC2CCC(C1)N2. The van der Waals surface area contributed by atoms with Crippen LogP contribution in [0.3, 0.4) is 0 Å². The lowest BCUT2D eigenvalue weighted by atomic mass is 9.97. The van der Waals surface area contributed by atoms with E-state index in [-0.39, 0.29) is 6.10 Å². The summed E-state index contributed by atoms with van der Waals surface area (Å²) in [6.07, 6.45) is 9.04. The summed E-state index contributed by atoms with van der Waals surface area (Å²) in [7, 11) is 0. The van der Waals surface area contributed by atoms with Crippen LogP contribution in [0.1, 0.15) is 58.3 Å². The maximum atomic E-state index is 12.6. The second-order valence-corrected chi connectivity index (χ2v) is 6.64. The van der Waals surface area contributed by atoms with Gasteiger partial charge in [0.05, 0.1) is 12.5 Å². The van der Waals surface area contributed by atoms with Crippen molar-refractivity contribution in [2.24, 2.45) is 0 Å². The molecular weight excluding hydrogens is 252 g/mol. The molecule has 4 nitrogen and oxygen atoms in total. The predicted octanol–water partition coefficient (Wildman–Crippen LogP) is 2.08. The molecule has 4 heteroatoms. The summed E-state index contributed by atoms with van der Waals surface area (Å²) in [5, 5.41) is 3.66. The molecule has 0 aromatic carbocycles. The molecule has 20 heavy (non-hydrogen) atoms. The van der Waals surface area contributed by atoms with E-state index in [1.165, 1.54) is 19.3 Å². The van der Waals surface area contributed by atoms with Gasteiger partial charge in [-0.25, -0.2) is 0 Å². The van der Waals surface area contributed by atoms with Crippen LogP contribution in [-0.4, -0.2) is 48.2 Å². The summed E-state index contributed by atoms with van der Waals surface area (Å²) in [5.41, 5.74) is 0. The van der Waals surface area contributed by atoms with Gasteiger partial charge in [0.25, 0.3) is 0 Å². The van der Waals surface area contributed by atoms with Gasteiger partial charge in [0.2, 0.25) is 5.91 Å². The number of fused-ring (bicyclic) bond motifs is 2. The molecule has 1 amide bonds. The zero-order chi connectivity index (χ0) is 13.9. The monoisotopic (exact) mass is 280 g/mol. The Kier molecular flexibility index (Phi) is 4.61. The van der Waals surface area contributed by atoms with E-state index in [0.29, 0.717) is 30.5 Å². The molecule has 3 fully saturated rings. The molecule has 3 rings (SSSR count). The minimum absolute atomic E-state index is 0.170. The first-order chi connectivity index (χ1) is 9.76. The number of piperidine rings is 1. The Morgan fingerprint density at radius 1 is 1.20 bits per heavy atom. The Bertz CT molecular complexity index is 329. The number of rotatable bonds is 4. The first-order valence-electron chi connectivity index (χ1n) is 8.43. The molecule has 0 spiro atoms. The second-order valence-electron chi connectivity index (χ2n) is 6.64. The Hall–Kier alpha value is -0.610. The number of amides is 1. The number of carbonyl (C=O) groups excluding carboxylic acids is 1. The molecule has 1 N–H and O–H groups in total. The minimum Gasteiger partial charge on any atom is -0.378 e. The largest absolute Gasteiger partial charge is 0.378 e. The van der Waals surface area contributed by atoms with Crippen LogP contribution < -0.4 is 5.32 Å². The van der Waals surface area contributed by atoms with Gasteiger partial charge in [-0.2, -0.15) is 0 Å². The topological polar surface area (TPSA) is 41.6 Å². The standard InChI is InChI=1S/C16H28N2O2/c1-2-18(14-9-12-6-7-13(10-14)17-12)16(19)11-15-5-3-4-8-20-15/h12-15,17H,2-11H2,1H3. The van der Waals surface area contributed by atoms with Crippen molar-refractivity contribution in [1.82, 2.24) is 10.2 Å². The van der Waals surface area contributed by atoms with E-state index in [4.69, 9.17) is 4.74 Å². The van der Waals surface area contributed by atoms with Crippen LogP contribution in [0.25, 0.3) is 0 Å². The van der Waals surface area contributed by atoms with Crippen molar-refractivity contribution >= 4 is 5.91 Å². The molecule has 3 heterocycles. The second kappa shape index (κ2) is 6.44. The van der Waals surface area contributed by atoms with E-state index in [2.05, 4.69) is 17.1 Å². The minimum atomic E-state index is 0.170. The van der Waals surface area contributed by atoms with Crippen LogP contribution in [-0.2, 0) is 9.53 Å². The van der Waals surface area contributed by atoms with Gasteiger partial charge >= 0.3 is 0 Å². The van der Waals surface area contributed by atoms with Gasteiger partial charge in [-0.1, -0.05) is 0 Å². The van der Waals surface area contributed by atoms with Gasteiger partial charge in [0.1, 0.15) is 0 Å². The highest BCUT2D eigenvalue weighted by Crippen LogP contribution is 2.30. The number of nitrogens with zero attached hydrogens (tertiary/aromatic N) is 1. The van der Waals surface area contributed by atoms with Crippen molar-refractivity contribution in [3.8, 4) is 0 Å². The van der Waals surface area contributed by atoms with Crippen LogP contribution >= 0.6 is 0 Å². The van der Waals surface area contributed by atoms with Crippen molar-refractivity contribution in [2.75, 3.05) is 13.2 Å². The fraction of sp³-hybridized carbons (Fsp3) is 0.938. The predicted molar refractivity (Wildman–Crippen MR) is 78.6 cm³/mol. The number of hydrogen-bond acceptors (Lipinski definition) is 3. The zero-order valence-corrected chi connectivity index (χ0v) is 12.6. The molecule has 0 aromatic heterocycles. The fourth-order valence-corrected chi connectivity index (χ4v) is 4.20. The highest BCUT2D eigenvalue weighted by molar-refractivity contribution is 5.77. The Balaban J connectivity index is 1.56. The van der Waals surface area contributed by atoms with Crippen LogP contribution in [0, 0.1) is 0 Å². The molecule has 3 saturated heterocycles. The van der Waals surface area contributed by atoms with Crippen LogP contribution in [0.5, 0.6) is 0 Å². The van der Waals surface area contributed by atoms with Crippen LogP contribution in [0.15, 0.2) is 0 Å². The lowest BCUT2D eigenvalue weighted by molar-refractivity contribution is -0.138. The Morgan fingerprint density at radius 2 is 1.95 bits per heavy atom. The van der Waals surface area contributed by atoms with Crippen molar-refractivity contribution in [3.63, 3.8) is 0 Å². The van der Waals surface area contributed by atoms with E-state index >= 15 is 0 Å². The third-order valence-corrected chi connectivity index (χ3v) is 5.23. The van der Waals surface area contributed by atoms with Gasteiger partial charge < -0.3 is 15.0 Å². The van der Waals surface area contributed by atoms with Gasteiger partial charge in [-0.3, -0.25) is 4.79 Å². The molecule has 0 aliphatic carbocycles. The van der Waals surface area contributed by atoms with Crippen molar-refractivity contribution < 1.29 is 9.53 Å². The zero-order valence-electron chi connectivity index (χ0n) is 12.6. The number of ether oxygens (including phenoxy) is 1. The van der Waals surface area contributed by atoms with E-state index in [1.807, 2.05) is 0 Å². The number of carbonyl (C=O) groups is 1. The number of nitrogens with one attached hydrogen (secondary N) is 1. The lowest BCUT2D eigenvalue weighted by Crippen LogP contribution is -2.50. The first-order valence-corrected chi connectivity index (χ1v) is 8.43. The summed E-state index contributed by atoms with van der Waals surface area (Å²) in [5.74, 6) is 0.311. The van der Waals surface area contributed by atoms with Gasteiger partial charge in [0.15, 0.2) is 0 Å². The normalized spacial score (nSPS) is 36.9. The maximum absolute atomic E-state index is 12.6. The van der Waals surface area contributed by atoms with Crippen LogP contribution in [0.4, 0.5) is 0 Å². The third-order valence-electron chi connectivity index (χ3n) is 5.23. The average Bonchev–Trinajstić information content (AvgIpc) is 2.80. The summed E-state index contributed by atoms with van der Waals surface area (Å²) in [6.45, 7) is 3.79. The van der Waals surface area contributed by atoms with Crippen LogP contribution in [0.2, 0.25) is 0 Å². The molecule has 0 saturated carbocycles. The summed E-state index contributed by atoms with van der Waals surface area (Å²) < 4.78 is 5.73. The Morgan fingerprint density at radius 3 is 2.55 bits per heavy atom. The smallest absolute Gasteiger partial charge is 0.225 e. The summed E-state index contributed by atoms with van der Waals surface area (Å²) in [4.78, 5) is 14.7. The lowest BCUT2D eigenvalue weighted by Gasteiger charge is -2.38. The Labute approximate surface area is 122 Å². The molecule has 3 atom stereocenters. The van der Waals surface area contributed by atoms with Crippen molar-refractivity contribution in [2.45, 2.75) is 82.5 Å². The molecule has 114 valence electrons. The maximum Gasteiger partial charge on any atom is 0.225 e. The fourth-order valence-electron chi connectivity index (χ4n) is 4.20. The van der Waals surface area contributed by atoms with Crippen molar-refractivity contribution in [1.29, 1.82) is 0 Å². The molecule has 3 aliphatic rings. The molecular formula is C16H28N2O2.